The number of nitrogens with one attached hydrogen (secondary N) is 1. The number of hydrogen-bond donors (Lipinski definition) is 1. The van der Waals surface area contributed by atoms with Crippen LogP contribution in [0.4, 0.5) is 5.82 Å². The molecule has 4 nitrogen and oxygen atoms in total. The van der Waals surface area contributed by atoms with Gasteiger partial charge in [-0.05, 0) is 13.0 Å². The van der Waals surface area contributed by atoms with Crippen molar-refractivity contribution in [3.05, 3.63) is 52.6 Å². The zero-order chi connectivity index (χ0) is 14.4. The molecule has 0 fully saturated rings. The molecule has 0 bridgehead atoms. The fourth-order valence-corrected chi connectivity index (χ4v) is 3.26. The molecule has 106 valence electrons. The molecule has 0 spiro atoms. The van der Waals surface area contributed by atoms with Gasteiger partial charge in [-0.2, -0.15) is 0 Å². The van der Waals surface area contributed by atoms with Gasteiger partial charge in [0.25, 0.3) is 0 Å². The summed E-state index contributed by atoms with van der Waals surface area (Å²) in [5.41, 5.74) is 3.91. The largest absolute Gasteiger partial charge is 0.358 e. The van der Waals surface area contributed by atoms with Crippen molar-refractivity contribution in [2.75, 3.05) is 11.4 Å². The van der Waals surface area contributed by atoms with Crippen LogP contribution in [-0.2, 0) is 13.0 Å². The van der Waals surface area contributed by atoms with Crippen LogP contribution in [0.3, 0.4) is 0 Å². The predicted octanol–water partition coefficient (Wildman–Crippen LogP) is 3.48. The summed E-state index contributed by atoms with van der Waals surface area (Å²) in [6.07, 6.45) is 0.991. The van der Waals surface area contributed by atoms with E-state index < -0.39 is 0 Å². The van der Waals surface area contributed by atoms with E-state index in [4.69, 9.17) is 11.6 Å². The summed E-state index contributed by atoms with van der Waals surface area (Å²) < 4.78 is 0. The molecule has 0 radical (unpaired) electrons. The van der Waals surface area contributed by atoms with Crippen molar-refractivity contribution < 1.29 is 0 Å². The third kappa shape index (κ3) is 2.16. The second kappa shape index (κ2) is 4.74. The monoisotopic (exact) mass is 298 g/mol. The number of fused-ring (bicyclic) bond motifs is 3. The Morgan fingerprint density at radius 3 is 2.95 bits per heavy atom. The molecule has 0 aliphatic carbocycles. The van der Waals surface area contributed by atoms with E-state index in [1.54, 1.807) is 0 Å². The average Bonchev–Trinajstić information content (AvgIpc) is 2.84. The molecule has 2 aromatic heterocycles. The van der Waals surface area contributed by atoms with Crippen LogP contribution >= 0.6 is 11.6 Å². The molecule has 0 saturated carbocycles. The van der Waals surface area contributed by atoms with Gasteiger partial charge in [-0.3, -0.25) is 0 Å². The number of aromatic amines is 1. The van der Waals surface area contributed by atoms with Crippen LogP contribution in [0.2, 0.25) is 5.15 Å². The maximum Gasteiger partial charge on any atom is 0.134 e. The Morgan fingerprint density at radius 2 is 2.10 bits per heavy atom. The molecule has 0 unspecified atom stereocenters. The van der Waals surface area contributed by atoms with Gasteiger partial charge in [0.05, 0.1) is 0 Å². The maximum absolute atomic E-state index is 6.06. The summed E-state index contributed by atoms with van der Waals surface area (Å²) in [6, 6.07) is 10.3. The molecule has 1 aromatic carbocycles. The van der Waals surface area contributed by atoms with E-state index in [2.05, 4.69) is 44.1 Å². The average molecular weight is 299 g/mol. The molecule has 3 aromatic rings. The van der Waals surface area contributed by atoms with E-state index in [0.717, 1.165) is 25.3 Å². The lowest BCUT2D eigenvalue weighted by molar-refractivity contribution is 0.712. The number of nitrogens with zero attached hydrogens (tertiary/aromatic N) is 3. The fraction of sp³-hybridized carbons (Fsp3) is 0.250. The molecule has 5 heteroatoms. The first-order chi connectivity index (χ1) is 10.2. The number of aromatic nitrogens is 3. The SMILES string of the molecule is Cc1nc(Cl)cc(N2CCc3[nH]c4ccccc4c3C2)n1. The van der Waals surface area contributed by atoms with Crippen LogP contribution in [0, 0.1) is 6.92 Å². The zero-order valence-electron chi connectivity index (χ0n) is 11.7. The molecule has 0 saturated heterocycles. The van der Waals surface area contributed by atoms with Gasteiger partial charge in [0.2, 0.25) is 0 Å². The minimum Gasteiger partial charge on any atom is -0.358 e. The number of aryl methyl sites for hydroxylation is 1. The van der Waals surface area contributed by atoms with Crippen molar-refractivity contribution in [3.8, 4) is 0 Å². The number of halogens is 1. The van der Waals surface area contributed by atoms with Crippen LogP contribution in [0.1, 0.15) is 17.1 Å². The standard InChI is InChI=1S/C16H15ClN4/c1-10-18-15(17)8-16(19-10)21-7-6-14-12(9-21)11-4-2-3-5-13(11)20-14/h2-5,8,20H,6-7,9H2,1H3. The van der Waals surface area contributed by atoms with Crippen LogP contribution in [0.5, 0.6) is 0 Å². The van der Waals surface area contributed by atoms with Crippen LogP contribution in [0.15, 0.2) is 30.3 Å². The molecular formula is C16H15ClN4. The third-order valence-corrected chi connectivity index (χ3v) is 4.19. The topological polar surface area (TPSA) is 44.8 Å². The van der Waals surface area contributed by atoms with Gasteiger partial charge in [-0.1, -0.05) is 29.8 Å². The lowest BCUT2D eigenvalue weighted by Gasteiger charge is -2.28. The van der Waals surface area contributed by atoms with E-state index in [1.165, 1.54) is 22.2 Å². The summed E-state index contributed by atoms with van der Waals surface area (Å²) in [7, 11) is 0. The highest BCUT2D eigenvalue weighted by Crippen LogP contribution is 2.30. The van der Waals surface area contributed by atoms with Gasteiger partial charge >= 0.3 is 0 Å². The smallest absolute Gasteiger partial charge is 0.134 e. The number of benzene rings is 1. The van der Waals surface area contributed by atoms with Gasteiger partial charge in [-0.15, -0.1) is 0 Å². The molecule has 0 atom stereocenters. The molecule has 21 heavy (non-hydrogen) atoms. The van der Waals surface area contributed by atoms with Crippen molar-refractivity contribution in [3.63, 3.8) is 0 Å². The fourth-order valence-electron chi connectivity index (χ4n) is 3.04. The molecular weight excluding hydrogens is 284 g/mol. The first-order valence-corrected chi connectivity index (χ1v) is 7.43. The van der Waals surface area contributed by atoms with E-state index in [-0.39, 0.29) is 0 Å². The summed E-state index contributed by atoms with van der Waals surface area (Å²) in [4.78, 5) is 14.4. The highest BCUT2D eigenvalue weighted by Gasteiger charge is 2.21. The predicted molar refractivity (Wildman–Crippen MR) is 84.8 cm³/mol. The minimum absolute atomic E-state index is 0.502. The third-order valence-electron chi connectivity index (χ3n) is 4.00. The summed E-state index contributed by atoms with van der Waals surface area (Å²) in [5, 5.41) is 1.80. The molecule has 3 heterocycles. The zero-order valence-corrected chi connectivity index (χ0v) is 12.5. The first kappa shape index (κ1) is 12.7. The van der Waals surface area contributed by atoms with Crippen molar-refractivity contribution in [2.24, 2.45) is 0 Å². The Hall–Kier alpha value is -2.07. The Labute approximate surface area is 127 Å². The van der Waals surface area contributed by atoms with E-state index in [1.807, 2.05) is 13.0 Å². The summed E-state index contributed by atoms with van der Waals surface area (Å²) in [6.45, 7) is 3.66. The molecule has 1 aliphatic rings. The molecule has 1 N–H and O–H groups in total. The highest BCUT2D eigenvalue weighted by atomic mass is 35.5. The number of hydrogen-bond acceptors (Lipinski definition) is 3. The van der Waals surface area contributed by atoms with E-state index in [0.29, 0.717) is 11.0 Å². The summed E-state index contributed by atoms with van der Waals surface area (Å²) in [5.74, 6) is 1.62. The minimum atomic E-state index is 0.502. The second-order valence-corrected chi connectivity index (χ2v) is 5.78. The maximum atomic E-state index is 6.06. The molecule has 4 rings (SSSR count). The van der Waals surface area contributed by atoms with Crippen LogP contribution in [-0.4, -0.2) is 21.5 Å². The van der Waals surface area contributed by atoms with Crippen LogP contribution < -0.4 is 4.90 Å². The Balaban J connectivity index is 1.76. The van der Waals surface area contributed by atoms with Crippen LogP contribution in [0.25, 0.3) is 10.9 Å². The summed E-state index contributed by atoms with van der Waals surface area (Å²) >= 11 is 6.06. The number of rotatable bonds is 1. The van der Waals surface area contributed by atoms with Gasteiger partial charge in [-0.25, -0.2) is 9.97 Å². The second-order valence-electron chi connectivity index (χ2n) is 5.40. The van der Waals surface area contributed by atoms with Crippen molar-refractivity contribution in [1.82, 2.24) is 15.0 Å². The van der Waals surface area contributed by atoms with Crippen molar-refractivity contribution >= 4 is 28.3 Å². The van der Waals surface area contributed by atoms with Gasteiger partial charge in [0.15, 0.2) is 0 Å². The number of para-hydroxylation sites is 1. The normalized spacial score (nSPS) is 14.5. The Kier molecular flexibility index (Phi) is 2.86. The van der Waals surface area contributed by atoms with Gasteiger partial charge in [0, 0.05) is 47.7 Å². The van der Waals surface area contributed by atoms with E-state index in [9.17, 15) is 0 Å². The molecule has 1 aliphatic heterocycles. The quantitative estimate of drug-likeness (QED) is 0.700. The molecule has 0 amide bonds. The Bertz CT molecular complexity index is 804. The lowest BCUT2D eigenvalue weighted by atomic mass is 10.0. The number of H-pyrrole nitrogens is 1. The number of anilines is 1. The lowest BCUT2D eigenvalue weighted by Crippen LogP contribution is -2.31. The highest BCUT2D eigenvalue weighted by molar-refractivity contribution is 6.29. The van der Waals surface area contributed by atoms with Gasteiger partial charge < -0.3 is 9.88 Å². The Morgan fingerprint density at radius 1 is 1.24 bits per heavy atom. The van der Waals surface area contributed by atoms with E-state index >= 15 is 0 Å². The van der Waals surface area contributed by atoms with Crippen molar-refractivity contribution in [1.29, 1.82) is 0 Å². The first-order valence-electron chi connectivity index (χ1n) is 7.05. The van der Waals surface area contributed by atoms with Gasteiger partial charge in [0.1, 0.15) is 16.8 Å². The van der Waals surface area contributed by atoms with Crippen molar-refractivity contribution in [2.45, 2.75) is 19.9 Å².